The molecule has 0 saturated heterocycles. The fourth-order valence-corrected chi connectivity index (χ4v) is 8.93. The van der Waals surface area contributed by atoms with Gasteiger partial charge in [0.2, 0.25) is 0 Å². The molecular formula is C40H30N2S. The number of hydrogen-bond acceptors (Lipinski definition) is 3. The standard InChI is InChI=1S/C40H30N2S/c1-3-13-26(14-4-1)36-38-37(31-18-6-8-22-34(31)43-38)42-39(41-36)28-16-11-15-27(25-28)29-19-12-21-33-35(29)30-17-5-7-20-32(30)40(33)23-9-2-10-24-40/h1,3-8,11-22,25H,2,9-10,23-24H2. The van der Waals surface area contributed by atoms with Crippen LogP contribution in [0.3, 0.4) is 0 Å². The molecule has 7 aromatic rings. The number of thiophene rings is 1. The summed E-state index contributed by atoms with van der Waals surface area (Å²) in [6, 6.07) is 44.1. The summed E-state index contributed by atoms with van der Waals surface area (Å²) in [6.45, 7) is 0. The van der Waals surface area contributed by atoms with Crippen LogP contribution in [-0.2, 0) is 5.41 Å². The van der Waals surface area contributed by atoms with Crippen molar-refractivity contribution < 1.29 is 0 Å². The lowest BCUT2D eigenvalue weighted by molar-refractivity contribution is 0.353. The molecule has 1 saturated carbocycles. The van der Waals surface area contributed by atoms with E-state index in [2.05, 4.69) is 121 Å². The Morgan fingerprint density at radius 1 is 0.558 bits per heavy atom. The Labute approximate surface area is 255 Å². The molecule has 1 fully saturated rings. The molecule has 2 nitrogen and oxygen atoms in total. The van der Waals surface area contributed by atoms with Gasteiger partial charge in [-0.1, -0.05) is 128 Å². The number of rotatable bonds is 3. The van der Waals surface area contributed by atoms with Gasteiger partial charge in [-0.3, -0.25) is 0 Å². The maximum atomic E-state index is 5.25. The average Bonchev–Trinajstić information content (AvgIpc) is 3.59. The van der Waals surface area contributed by atoms with Crippen LogP contribution >= 0.6 is 11.3 Å². The highest BCUT2D eigenvalue weighted by Crippen LogP contribution is 2.57. The van der Waals surface area contributed by atoms with E-state index in [4.69, 9.17) is 9.97 Å². The first-order chi connectivity index (χ1) is 21.3. The zero-order chi connectivity index (χ0) is 28.4. The van der Waals surface area contributed by atoms with Gasteiger partial charge in [-0.05, 0) is 58.4 Å². The molecule has 1 spiro atoms. The second-order valence-electron chi connectivity index (χ2n) is 12.0. The van der Waals surface area contributed by atoms with E-state index in [1.54, 1.807) is 11.3 Å². The zero-order valence-corrected chi connectivity index (χ0v) is 24.7. The molecule has 2 heterocycles. The molecule has 9 rings (SSSR count). The maximum Gasteiger partial charge on any atom is 0.160 e. The van der Waals surface area contributed by atoms with E-state index in [0.717, 1.165) is 32.9 Å². The molecule has 0 amide bonds. The largest absolute Gasteiger partial charge is 0.226 e. The lowest BCUT2D eigenvalue weighted by atomic mass is 9.68. The Bertz CT molecular complexity index is 2170. The van der Waals surface area contributed by atoms with Crippen LogP contribution in [0, 0.1) is 0 Å². The normalized spacial score (nSPS) is 15.2. The Balaban J connectivity index is 1.25. The van der Waals surface area contributed by atoms with Crippen molar-refractivity contribution in [2.75, 3.05) is 0 Å². The van der Waals surface area contributed by atoms with Crippen molar-refractivity contribution in [3.05, 3.63) is 132 Å². The first-order valence-corrected chi connectivity index (χ1v) is 16.2. The Kier molecular flexibility index (Phi) is 5.64. The zero-order valence-electron chi connectivity index (χ0n) is 23.9. The molecular weight excluding hydrogens is 541 g/mol. The molecule has 0 N–H and O–H groups in total. The molecule has 43 heavy (non-hydrogen) atoms. The first-order valence-electron chi connectivity index (χ1n) is 15.4. The summed E-state index contributed by atoms with van der Waals surface area (Å²) in [4.78, 5) is 10.5. The minimum absolute atomic E-state index is 0.149. The van der Waals surface area contributed by atoms with E-state index in [1.807, 2.05) is 0 Å². The second-order valence-corrected chi connectivity index (χ2v) is 13.1. The maximum absolute atomic E-state index is 5.25. The van der Waals surface area contributed by atoms with Crippen LogP contribution in [0.2, 0.25) is 0 Å². The quantitative estimate of drug-likeness (QED) is 0.211. The van der Waals surface area contributed by atoms with Crippen LogP contribution in [0.1, 0.15) is 43.2 Å². The highest BCUT2D eigenvalue weighted by atomic mass is 32.1. The molecule has 0 bridgehead atoms. The molecule has 206 valence electrons. The number of aromatic nitrogens is 2. The average molecular weight is 571 g/mol. The lowest BCUT2D eigenvalue weighted by Gasteiger charge is -2.36. The van der Waals surface area contributed by atoms with E-state index in [-0.39, 0.29) is 5.41 Å². The minimum atomic E-state index is 0.149. The van der Waals surface area contributed by atoms with Gasteiger partial charge in [0.25, 0.3) is 0 Å². The van der Waals surface area contributed by atoms with Crippen molar-refractivity contribution in [3.63, 3.8) is 0 Å². The van der Waals surface area contributed by atoms with Crippen molar-refractivity contribution in [1.82, 2.24) is 9.97 Å². The number of hydrogen-bond donors (Lipinski definition) is 0. The molecule has 0 radical (unpaired) electrons. The van der Waals surface area contributed by atoms with E-state index in [9.17, 15) is 0 Å². The van der Waals surface area contributed by atoms with Crippen LogP contribution in [0.25, 0.3) is 65.2 Å². The highest BCUT2D eigenvalue weighted by Gasteiger charge is 2.44. The Morgan fingerprint density at radius 2 is 1.26 bits per heavy atom. The molecule has 0 unspecified atom stereocenters. The summed E-state index contributed by atoms with van der Waals surface area (Å²) in [6.07, 6.45) is 6.43. The van der Waals surface area contributed by atoms with Crippen LogP contribution in [-0.4, -0.2) is 9.97 Å². The molecule has 3 heteroatoms. The third-order valence-electron chi connectivity index (χ3n) is 9.70. The molecule has 0 atom stereocenters. The monoisotopic (exact) mass is 570 g/mol. The lowest BCUT2D eigenvalue weighted by Crippen LogP contribution is -2.27. The van der Waals surface area contributed by atoms with Crippen molar-refractivity contribution in [1.29, 1.82) is 0 Å². The number of benzene rings is 5. The Morgan fingerprint density at radius 3 is 2.16 bits per heavy atom. The van der Waals surface area contributed by atoms with E-state index >= 15 is 0 Å². The van der Waals surface area contributed by atoms with Crippen LogP contribution in [0.4, 0.5) is 0 Å². The smallest absolute Gasteiger partial charge is 0.160 e. The fraction of sp³-hybridized carbons (Fsp3) is 0.150. The van der Waals surface area contributed by atoms with Gasteiger partial charge < -0.3 is 0 Å². The third-order valence-corrected chi connectivity index (χ3v) is 10.9. The molecule has 0 aliphatic heterocycles. The number of fused-ring (bicyclic) bond motifs is 8. The predicted molar refractivity (Wildman–Crippen MR) is 181 cm³/mol. The molecule has 5 aromatic carbocycles. The summed E-state index contributed by atoms with van der Waals surface area (Å²) >= 11 is 1.78. The summed E-state index contributed by atoms with van der Waals surface area (Å²) in [5.74, 6) is 0.772. The SMILES string of the molecule is c1ccc(-c2nc(-c3cccc(-c4cccc5c4-c4ccccc4C54CCCCC4)c3)nc3c2sc2ccccc23)cc1. The molecule has 2 aromatic heterocycles. The minimum Gasteiger partial charge on any atom is -0.226 e. The molecule has 2 aliphatic rings. The van der Waals surface area contributed by atoms with Gasteiger partial charge in [0.1, 0.15) is 0 Å². The summed E-state index contributed by atoms with van der Waals surface area (Å²) in [5, 5.41) is 1.19. The number of nitrogens with zero attached hydrogens (tertiary/aromatic N) is 2. The fourth-order valence-electron chi connectivity index (χ4n) is 7.78. The van der Waals surface area contributed by atoms with Gasteiger partial charge in [0.15, 0.2) is 5.82 Å². The van der Waals surface area contributed by atoms with Crippen molar-refractivity contribution >= 4 is 31.6 Å². The van der Waals surface area contributed by atoms with E-state index < -0.39 is 0 Å². The van der Waals surface area contributed by atoms with E-state index in [1.165, 1.54) is 75.6 Å². The highest BCUT2D eigenvalue weighted by molar-refractivity contribution is 7.26. The van der Waals surface area contributed by atoms with Crippen LogP contribution in [0.15, 0.2) is 121 Å². The second kappa shape index (κ2) is 9.72. The predicted octanol–water partition coefficient (Wildman–Crippen LogP) is 11.1. The van der Waals surface area contributed by atoms with Crippen molar-refractivity contribution in [2.24, 2.45) is 0 Å². The summed E-state index contributed by atoms with van der Waals surface area (Å²) < 4.78 is 2.38. The van der Waals surface area contributed by atoms with Crippen molar-refractivity contribution in [3.8, 4) is 44.9 Å². The van der Waals surface area contributed by atoms with Gasteiger partial charge in [-0.15, -0.1) is 11.3 Å². The van der Waals surface area contributed by atoms with Gasteiger partial charge in [0, 0.05) is 26.6 Å². The third kappa shape index (κ3) is 3.78. The van der Waals surface area contributed by atoms with Gasteiger partial charge in [-0.2, -0.15) is 0 Å². The first kappa shape index (κ1) is 24.9. The van der Waals surface area contributed by atoms with Gasteiger partial charge in [-0.25, -0.2) is 9.97 Å². The molecule has 2 aliphatic carbocycles. The van der Waals surface area contributed by atoms with Crippen LogP contribution in [0.5, 0.6) is 0 Å². The van der Waals surface area contributed by atoms with Gasteiger partial charge in [0.05, 0.1) is 15.9 Å². The Hall–Kier alpha value is -4.60. The van der Waals surface area contributed by atoms with Crippen LogP contribution < -0.4 is 0 Å². The summed E-state index contributed by atoms with van der Waals surface area (Å²) in [5.41, 5.74) is 12.7. The summed E-state index contributed by atoms with van der Waals surface area (Å²) in [7, 11) is 0. The van der Waals surface area contributed by atoms with Crippen molar-refractivity contribution in [2.45, 2.75) is 37.5 Å². The van der Waals surface area contributed by atoms with Gasteiger partial charge >= 0.3 is 0 Å². The van der Waals surface area contributed by atoms with E-state index in [0.29, 0.717) is 0 Å². The topological polar surface area (TPSA) is 25.8 Å².